The van der Waals surface area contributed by atoms with Gasteiger partial charge < -0.3 is 10.1 Å². The normalized spacial score (nSPS) is 11.0. The SMILES string of the molecule is CCCS(=O)(=O)Nc1ccc(Nc2ccc(C(=O)OCC)cc2)cc1. The first-order valence-electron chi connectivity index (χ1n) is 8.08. The van der Waals surface area contributed by atoms with Gasteiger partial charge in [0.05, 0.1) is 17.9 Å². The van der Waals surface area contributed by atoms with Gasteiger partial charge in [0.25, 0.3) is 0 Å². The van der Waals surface area contributed by atoms with Gasteiger partial charge in [-0.05, 0) is 61.9 Å². The predicted molar refractivity (Wildman–Crippen MR) is 99.8 cm³/mol. The van der Waals surface area contributed by atoms with Crippen molar-refractivity contribution in [3.8, 4) is 0 Å². The Morgan fingerprint density at radius 3 is 1.96 bits per heavy atom. The third-order valence-electron chi connectivity index (χ3n) is 3.32. The largest absolute Gasteiger partial charge is 0.462 e. The third kappa shape index (κ3) is 5.79. The van der Waals surface area contributed by atoms with Crippen LogP contribution < -0.4 is 10.0 Å². The van der Waals surface area contributed by atoms with Crippen LogP contribution in [0.1, 0.15) is 30.6 Å². The molecular formula is C18H22N2O4S. The lowest BCUT2D eigenvalue weighted by molar-refractivity contribution is 0.0526. The molecule has 2 N–H and O–H groups in total. The number of hydrogen-bond donors (Lipinski definition) is 2. The fraction of sp³-hybridized carbons (Fsp3) is 0.278. The highest BCUT2D eigenvalue weighted by molar-refractivity contribution is 7.92. The van der Waals surface area contributed by atoms with Crippen LogP contribution in [0.3, 0.4) is 0 Å². The van der Waals surface area contributed by atoms with E-state index in [-0.39, 0.29) is 11.7 Å². The van der Waals surface area contributed by atoms with E-state index < -0.39 is 10.0 Å². The molecule has 0 aliphatic rings. The molecule has 0 amide bonds. The molecule has 2 rings (SSSR count). The molecule has 0 heterocycles. The third-order valence-corrected chi connectivity index (χ3v) is 4.81. The Hall–Kier alpha value is -2.54. The monoisotopic (exact) mass is 362 g/mol. The summed E-state index contributed by atoms with van der Waals surface area (Å²) in [7, 11) is -3.29. The number of rotatable bonds is 8. The molecular weight excluding hydrogens is 340 g/mol. The Morgan fingerprint density at radius 1 is 0.920 bits per heavy atom. The van der Waals surface area contributed by atoms with Crippen LogP contribution in [0, 0.1) is 0 Å². The Morgan fingerprint density at radius 2 is 1.44 bits per heavy atom. The molecule has 0 aromatic heterocycles. The van der Waals surface area contributed by atoms with E-state index in [1.54, 1.807) is 55.5 Å². The van der Waals surface area contributed by atoms with Crippen LogP contribution in [0.4, 0.5) is 17.1 Å². The van der Waals surface area contributed by atoms with Crippen molar-refractivity contribution in [2.45, 2.75) is 20.3 Å². The fourth-order valence-electron chi connectivity index (χ4n) is 2.19. The van der Waals surface area contributed by atoms with Crippen LogP contribution in [0.25, 0.3) is 0 Å². The van der Waals surface area contributed by atoms with Crippen LogP contribution in [0.2, 0.25) is 0 Å². The van der Waals surface area contributed by atoms with Crippen molar-refractivity contribution in [1.82, 2.24) is 0 Å². The van der Waals surface area contributed by atoms with Crippen molar-refractivity contribution in [3.05, 3.63) is 54.1 Å². The molecule has 0 saturated heterocycles. The van der Waals surface area contributed by atoms with Crippen molar-refractivity contribution in [1.29, 1.82) is 0 Å². The van der Waals surface area contributed by atoms with Crippen molar-refractivity contribution in [2.75, 3.05) is 22.4 Å². The number of nitrogens with one attached hydrogen (secondary N) is 2. The van der Waals surface area contributed by atoms with Crippen molar-refractivity contribution < 1.29 is 17.9 Å². The topological polar surface area (TPSA) is 84.5 Å². The second kappa shape index (κ2) is 8.53. The van der Waals surface area contributed by atoms with Crippen molar-refractivity contribution >= 4 is 33.1 Å². The van der Waals surface area contributed by atoms with E-state index in [1.165, 1.54) is 0 Å². The Kier molecular flexibility index (Phi) is 6.41. The van der Waals surface area contributed by atoms with Gasteiger partial charge >= 0.3 is 5.97 Å². The lowest BCUT2D eigenvalue weighted by atomic mass is 10.2. The first-order chi connectivity index (χ1) is 11.9. The number of benzene rings is 2. The van der Waals surface area contributed by atoms with Crippen molar-refractivity contribution in [3.63, 3.8) is 0 Å². The molecule has 134 valence electrons. The van der Waals surface area contributed by atoms with Gasteiger partial charge in [0.1, 0.15) is 0 Å². The van der Waals surface area contributed by atoms with E-state index in [2.05, 4.69) is 10.0 Å². The zero-order valence-electron chi connectivity index (χ0n) is 14.3. The van der Waals surface area contributed by atoms with Crippen LogP contribution >= 0.6 is 0 Å². The lowest BCUT2D eigenvalue weighted by Gasteiger charge is -2.10. The molecule has 0 aliphatic heterocycles. The molecule has 6 nitrogen and oxygen atoms in total. The van der Waals surface area contributed by atoms with Crippen LogP contribution in [-0.2, 0) is 14.8 Å². The summed E-state index contributed by atoms with van der Waals surface area (Å²) < 4.78 is 31.0. The van der Waals surface area contributed by atoms with E-state index >= 15 is 0 Å². The summed E-state index contributed by atoms with van der Waals surface area (Å²) in [6, 6.07) is 13.9. The zero-order valence-corrected chi connectivity index (χ0v) is 15.1. The van der Waals surface area contributed by atoms with E-state index in [4.69, 9.17) is 4.74 Å². The number of carbonyl (C=O) groups excluding carboxylic acids is 1. The van der Waals surface area contributed by atoms with E-state index in [0.717, 1.165) is 11.4 Å². The van der Waals surface area contributed by atoms with Gasteiger partial charge in [-0.3, -0.25) is 4.72 Å². The van der Waals surface area contributed by atoms with Crippen LogP contribution in [0.5, 0.6) is 0 Å². The van der Waals surface area contributed by atoms with Gasteiger partial charge in [0, 0.05) is 17.1 Å². The maximum absolute atomic E-state index is 11.7. The van der Waals surface area contributed by atoms with E-state index in [0.29, 0.717) is 24.3 Å². The van der Waals surface area contributed by atoms with Crippen LogP contribution in [-0.4, -0.2) is 26.7 Å². The Labute approximate surface area is 148 Å². The number of carbonyl (C=O) groups is 1. The molecule has 0 unspecified atom stereocenters. The Bertz CT molecular complexity index is 800. The number of ether oxygens (including phenoxy) is 1. The highest BCUT2D eigenvalue weighted by Gasteiger charge is 2.09. The quantitative estimate of drug-likeness (QED) is 0.699. The average molecular weight is 362 g/mol. The lowest BCUT2D eigenvalue weighted by Crippen LogP contribution is -2.15. The molecule has 0 spiro atoms. The predicted octanol–water partition coefficient (Wildman–Crippen LogP) is 3.76. The number of sulfonamides is 1. The summed E-state index contributed by atoms with van der Waals surface area (Å²) in [5.41, 5.74) is 2.64. The summed E-state index contributed by atoms with van der Waals surface area (Å²) in [5.74, 6) is -0.252. The molecule has 7 heteroatoms. The van der Waals surface area contributed by atoms with Gasteiger partial charge in [-0.15, -0.1) is 0 Å². The van der Waals surface area contributed by atoms with Gasteiger partial charge in [0.2, 0.25) is 10.0 Å². The summed E-state index contributed by atoms with van der Waals surface area (Å²) in [6.07, 6.45) is 0.566. The minimum absolute atomic E-state index is 0.0970. The second-order valence-electron chi connectivity index (χ2n) is 5.42. The second-order valence-corrected chi connectivity index (χ2v) is 7.26. The zero-order chi connectivity index (χ0) is 18.3. The number of anilines is 3. The standard InChI is InChI=1S/C18H22N2O4S/c1-3-13-25(22,23)20-17-11-9-16(10-12-17)19-15-7-5-14(6-8-15)18(21)24-4-2/h5-12,19-20H,3-4,13H2,1-2H3. The van der Waals surface area contributed by atoms with E-state index in [9.17, 15) is 13.2 Å². The minimum Gasteiger partial charge on any atom is -0.462 e. The average Bonchev–Trinajstić information content (AvgIpc) is 2.57. The number of esters is 1. The molecule has 0 bridgehead atoms. The highest BCUT2D eigenvalue weighted by Crippen LogP contribution is 2.20. The molecule has 0 aliphatic carbocycles. The number of hydrogen-bond acceptors (Lipinski definition) is 5. The van der Waals surface area contributed by atoms with Crippen molar-refractivity contribution in [2.24, 2.45) is 0 Å². The molecule has 25 heavy (non-hydrogen) atoms. The summed E-state index contributed by atoms with van der Waals surface area (Å²) in [5, 5.41) is 3.19. The smallest absolute Gasteiger partial charge is 0.338 e. The van der Waals surface area contributed by atoms with Crippen LogP contribution in [0.15, 0.2) is 48.5 Å². The van der Waals surface area contributed by atoms with E-state index in [1.807, 2.05) is 6.92 Å². The molecule has 2 aromatic rings. The minimum atomic E-state index is -3.29. The van der Waals surface area contributed by atoms with Gasteiger partial charge in [-0.2, -0.15) is 0 Å². The molecule has 0 saturated carbocycles. The van der Waals surface area contributed by atoms with Gasteiger partial charge in [-0.25, -0.2) is 13.2 Å². The van der Waals surface area contributed by atoms with Gasteiger partial charge in [0.15, 0.2) is 0 Å². The summed E-state index contributed by atoms with van der Waals surface area (Å²) in [6.45, 7) is 3.92. The molecule has 0 radical (unpaired) electrons. The molecule has 0 atom stereocenters. The van der Waals surface area contributed by atoms with Gasteiger partial charge in [-0.1, -0.05) is 6.92 Å². The summed E-state index contributed by atoms with van der Waals surface area (Å²) >= 11 is 0. The maximum Gasteiger partial charge on any atom is 0.338 e. The first kappa shape index (κ1) is 18.8. The Balaban J connectivity index is 2.00. The highest BCUT2D eigenvalue weighted by atomic mass is 32.2. The maximum atomic E-state index is 11.7. The molecule has 0 fully saturated rings. The summed E-state index contributed by atoms with van der Waals surface area (Å²) in [4.78, 5) is 11.6. The first-order valence-corrected chi connectivity index (χ1v) is 9.73. The molecule has 2 aromatic carbocycles. The fourth-order valence-corrected chi connectivity index (χ4v) is 3.33.